The lowest BCUT2D eigenvalue weighted by Crippen LogP contribution is -2.22. The predicted octanol–water partition coefficient (Wildman–Crippen LogP) is 3.98. The maximum Gasteiger partial charge on any atom is 0.0515 e. The van der Waals surface area contributed by atoms with Gasteiger partial charge in [-0.25, -0.2) is 0 Å². The summed E-state index contributed by atoms with van der Waals surface area (Å²) < 4.78 is 1.08. The summed E-state index contributed by atoms with van der Waals surface area (Å²) >= 11 is 3.63. The molecule has 0 atom stereocenters. The fourth-order valence-electron chi connectivity index (χ4n) is 2.69. The highest BCUT2D eigenvalue weighted by Gasteiger charge is 2.16. The molecule has 19 heavy (non-hydrogen) atoms. The molecule has 0 amide bonds. The minimum Gasteiger partial charge on any atom is -0.399 e. The Kier molecular flexibility index (Phi) is 3.47. The Balaban J connectivity index is 1.94. The van der Waals surface area contributed by atoms with Crippen molar-refractivity contribution in [2.24, 2.45) is 0 Å². The van der Waals surface area contributed by atoms with Gasteiger partial charge in [-0.2, -0.15) is 0 Å². The van der Waals surface area contributed by atoms with Gasteiger partial charge in [-0.15, -0.1) is 0 Å². The zero-order chi connectivity index (χ0) is 13.2. The van der Waals surface area contributed by atoms with E-state index < -0.39 is 0 Å². The summed E-state index contributed by atoms with van der Waals surface area (Å²) in [6.45, 7) is 2.05. The van der Waals surface area contributed by atoms with E-state index in [-0.39, 0.29) is 0 Å². The molecule has 0 fully saturated rings. The summed E-state index contributed by atoms with van der Waals surface area (Å²) in [7, 11) is 0. The highest BCUT2D eigenvalue weighted by molar-refractivity contribution is 9.10. The van der Waals surface area contributed by atoms with Crippen molar-refractivity contribution in [1.82, 2.24) is 0 Å². The summed E-state index contributed by atoms with van der Waals surface area (Å²) in [5.74, 6) is 0. The van der Waals surface area contributed by atoms with Crippen LogP contribution >= 0.6 is 15.9 Å². The van der Waals surface area contributed by atoms with Gasteiger partial charge in [0.25, 0.3) is 0 Å². The summed E-state index contributed by atoms with van der Waals surface area (Å²) in [4.78, 5) is 2.43. The van der Waals surface area contributed by atoms with Gasteiger partial charge in [-0.1, -0.05) is 24.3 Å². The van der Waals surface area contributed by atoms with Crippen molar-refractivity contribution in [3.8, 4) is 0 Å². The molecule has 0 saturated heterocycles. The Labute approximate surface area is 122 Å². The molecule has 0 aliphatic carbocycles. The number of rotatable bonds is 1. The Hall–Kier alpha value is -1.48. The first-order chi connectivity index (χ1) is 9.24. The number of nitrogen functional groups attached to an aromatic ring is 1. The molecule has 2 N–H and O–H groups in total. The number of fused-ring (bicyclic) bond motifs is 1. The molecule has 2 aromatic rings. The zero-order valence-electron chi connectivity index (χ0n) is 10.8. The molecule has 3 heteroatoms. The van der Waals surface area contributed by atoms with Crippen LogP contribution in [-0.2, 0) is 13.0 Å². The molecular formula is C16H17BrN2. The van der Waals surface area contributed by atoms with E-state index in [1.807, 2.05) is 12.1 Å². The minimum atomic E-state index is 0.797. The van der Waals surface area contributed by atoms with Crippen LogP contribution in [0.3, 0.4) is 0 Å². The number of nitrogens with zero attached hydrogens (tertiary/aromatic N) is 1. The van der Waals surface area contributed by atoms with Gasteiger partial charge in [0.1, 0.15) is 0 Å². The highest BCUT2D eigenvalue weighted by Crippen LogP contribution is 2.31. The van der Waals surface area contributed by atoms with Gasteiger partial charge >= 0.3 is 0 Å². The molecule has 0 unspecified atom stereocenters. The van der Waals surface area contributed by atoms with Gasteiger partial charge in [0.2, 0.25) is 0 Å². The fourth-order valence-corrected chi connectivity index (χ4v) is 3.33. The van der Waals surface area contributed by atoms with Crippen LogP contribution in [0.5, 0.6) is 0 Å². The lowest BCUT2D eigenvalue weighted by Gasteiger charge is -2.24. The topological polar surface area (TPSA) is 29.3 Å². The summed E-state index contributed by atoms with van der Waals surface area (Å²) in [6.07, 6.45) is 2.35. The first-order valence-corrected chi connectivity index (χ1v) is 7.40. The largest absolute Gasteiger partial charge is 0.399 e. The van der Waals surface area contributed by atoms with Gasteiger partial charge in [-0.05, 0) is 58.1 Å². The molecule has 2 nitrogen and oxygen atoms in total. The summed E-state index contributed by atoms with van der Waals surface area (Å²) in [5.41, 5.74) is 10.8. The Bertz CT molecular complexity index is 595. The van der Waals surface area contributed by atoms with Crippen LogP contribution in [0.4, 0.5) is 11.4 Å². The molecule has 0 aromatic heterocycles. The van der Waals surface area contributed by atoms with Crippen LogP contribution in [0.1, 0.15) is 17.5 Å². The van der Waals surface area contributed by atoms with E-state index in [0.717, 1.165) is 23.2 Å². The number of hydrogen-bond acceptors (Lipinski definition) is 2. The smallest absolute Gasteiger partial charge is 0.0515 e. The monoisotopic (exact) mass is 316 g/mol. The maximum atomic E-state index is 5.82. The molecule has 2 aromatic carbocycles. The second kappa shape index (κ2) is 5.25. The molecular weight excluding hydrogens is 300 g/mol. The fraction of sp³-hybridized carbons (Fsp3) is 0.250. The third-order valence-electron chi connectivity index (χ3n) is 3.67. The van der Waals surface area contributed by atoms with Gasteiger partial charge in [0.15, 0.2) is 0 Å². The quantitative estimate of drug-likeness (QED) is 0.806. The molecule has 0 radical (unpaired) electrons. The van der Waals surface area contributed by atoms with E-state index >= 15 is 0 Å². The Morgan fingerprint density at radius 1 is 1.05 bits per heavy atom. The Morgan fingerprint density at radius 2 is 1.84 bits per heavy atom. The SMILES string of the molecule is Nc1ccc(N2CCCc3ccccc3C2)c(Br)c1. The molecule has 98 valence electrons. The van der Waals surface area contributed by atoms with Crippen LogP contribution in [0.25, 0.3) is 0 Å². The number of hydrogen-bond donors (Lipinski definition) is 1. The van der Waals surface area contributed by atoms with Crippen molar-refractivity contribution in [3.05, 3.63) is 58.1 Å². The third-order valence-corrected chi connectivity index (χ3v) is 4.30. The third kappa shape index (κ3) is 2.61. The van der Waals surface area contributed by atoms with Crippen molar-refractivity contribution in [2.45, 2.75) is 19.4 Å². The zero-order valence-corrected chi connectivity index (χ0v) is 12.4. The van der Waals surface area contributed by atoms with Crippen LogP contribution in [0.15, 0.2) is 46.9 Å². The highest BCUT2D eigenvalue weighted by atomic mass is 79.9. The van der Waals surface area contributed by atoms with Crippen molar-refractivity contribution in [2.75, 3.05) is 17.2 Å². The van der Waals surface area contributed by atoms with E-state index in [0.29, 0.717) is 0 Å². The number of anilines is 2. The van der Waals surface area contributed by atoms with Crippen LogP contribution in [-0.4, -0.2) is 6.54 Å². The van der Waals surface area contributed by atoms with Gasteiger partial charge in [-0.3, -0.25) is 0 Å². The molecule has 3 rings (SSSR count). The molecule has 1 heterocycles. The normalized spacial score (nSPS) is 14.9. The predicted molar refractivity (Wildman–Crippen MR) is 84.4 cm³/mol. The number of nitrogens with two attached hydrogens (primary N) is 1. The Morgan fingerprint density at radius 3 is 2.63 bits per heavy atom. The number of aryl methyl sites for hydroxylation is 1. The summed E-state index contributed by atoms with van der Waals surface area (Å²) in [6, 6.07) is 14.8. The molecule has 0 spiro atoms. The van der Waals surface area contributed by atoms with Crippen molar-refractivity contribution >= 4 is 27.3 Å². The van der Waals surface area contributed by atoms with Crippen molar-refractivity contribution < 1.29 is 0 Å². The summed E-state index contributed by atoms with van der Waals surface area (Å²) in [5, 5.41) is 0. The van der Waals surface area contributed by atoms with Crippen molar-refractivity contribution in [3.63, 3.8) is 0 Å². The lowest BCUT2D eigenvalue weighted by molar-refractivity contribution is 0.764. The second-order valence-corrected chi connectivity index (χ2v) is 5.86. The van der Waals surface area contributed by atoms with E-state index in [9.17, 15) is 0 Å². The minimum absolute atomic E-state index is 0.797. The van der Waals surface area contributed by atoms with Gasteiger partial charge < -0.3 is 10.6 Å². The van der Waals surface area contributed by atoms with E-state index in [4.69, 9.17) is 5.73 Å². The van der Waals surface area contributed by atoms with Gasteiger partial charge in [0.05, 0.1) is 5.69 Å². The van der Waals surface area contributed by atoms with E-state index in [2.05, 4.69) is 51.2 Å². The number of benzene rings is 2. The van der Waals surface area contributed by atoms with Gasteiger partial charge in [0, 0.05) is 23.2 Å². The molecule has 1 aliphatic heterocycles. The van der Waals surface area contributed by atoms with E-state index in [1.165, 1.54) is 29.7 Å². The van der Waals surface area contributed by atoms with E-state index in [1.54, 1.807) is 0 Å². The lowest BCUT2D eigenvalue weighted by atomic mass is 10.0. The average molecular weight is 317 g/mol. The first kappa shape index (κ1) is 12.5. The standard InChI is InChI=1S/C16H17BrN2/c17-15-10-14(18)7-8-16(15)19-9-3-6-12-4-1-2-5-13(12)11-19/h1-2,4-5,7-8,10H,3,6,9,11,18H2. The molecule has 0 saturated carbocycles. The second-order valence-electron chi connectivity index (χ2n) is 5.00. The number of halogens is 1. The maximum absolute atomic E-state index is 5.82. The van der Waals surface area contributed by atoms with Crippen LogP contribution < -0.4 is 10.6 Å². The molecule has 0 bridgehead atoms. The van der Waals surface area contributed by atoms with Crippen LogP contribution in [0.2, 0.25) is 0 Å². The molecule has 1 aliphatic rings. The average Bonchev–Trinajstić information content (AvgIpc) is 2.60. The first-order valence-electron chi connectivity index (χ1n) is 6.61. The van der Waals surface area contributed by atoms with Crippen LogP contribution in [0, 0.1) is 0 Å². The van der Waals surface area contributed by atoms with Crippen molar-refractivity contribution in [1.29, 1.82) is 0 Å².